The van der Waals surface area contributed by atoms with Crippen LogP contribution in [0, 0.1) is 17.9 Å². The standard InChI is InChI=1S/C24H20F2N2O2S/c1-16-7-12-19(15-21(16)30-14-13-29-20-5-3-2-4-6-20)27-24-28-22(23(26)31-24)17-8-10-18(25)11-9-17/h2-12,15H,13-14H2,1H3,(H,27,28). The number of aromatic nitrogens is 1. The first-order valence-electron chi connectivity index (χ1n) is 9.69. The Hall–Kier alpha value is -3.45. The van der Waals surface area contributed by atoms with Crippen LogP contribution in [0.2, 0.25) is 0 Å². The molecule has 4 rings (SSSR count). The van der Waals surface area contributed by atoms with Gasteiger partial charge in [-0.05, 0) is 55.0 Å². The molecule has 3 aromatic carbocycles. The van der Waals surface area contributed by atoms with E-state index >= 15 is 0 Å². The zero-order valence-electron chi connectivity index (χ0n) is 16.8. The van der Waals surface area contributed by atoms with Gasteiger partial charge in [0.2, 0.25) is 5.13 Å². The fourth-order valence-corrected chi connectivity index (χ4v) is 3.66. The fraction of sp³-hybridized carbons (Fsp3) is 0.125. The molecule has 1 N–H and O–H groups in total. The van der Waals surface area contributed by atoms with E-state index in [1.54, 1.807) is 0 Å². The molecule has 1 aromatic heterocycles. The van der Waals surface area contributed by atoms with Crippen LogP contribution >= 0.6 is 11.3 Å². The van der Waals surface area contributed by atoms with Gasteiger partial charge in [0.1, 0.15) is 36.2 Å². The van der Waals surface area contributed by atoms with Crippen LogP contribution in [0.4, 0.5) is 19.6 Å². The molecule has 0 saturated carbocycles. The number of hydrogen-bond acceptors (Lipinski definition) is 5. The van der Waals surface area contributed by atoms with Gasteiger partial charge in [-0.15, -0.1) is 0 Å². The molecule has 0 bridgehead atoms. The number of hydrogen-bond donors (Lipinski definition) is 1. The van der Waals surface area contributed by atoms with Crippen molar-refractivity contribution < 1.29 is 18.3 Å². The molecule has 0 aliphatic carbocycles. The van der Waals surface area contributed by atoms with Gasteiger partial charge in [0.05, 0.1) is 0 Å². The second kappa shape index (κ2) is 9.57. The fourth-order valence-electron chi connectivity index (χ4n) is 2.93. The molecule has 4 aromatic rings. The van der Waals surface area contributed by atoms with Crippen molar-refractivity contribution in [1.29, 1.82) is 0 Å². The lowest BCUT2D eigenvalue weighted by Crippen LogP contribution is -2.09. The highest BCUT2D eigenvalue weighted by molar-refractivity contribution is 7.14. The van der Waals surface area contributed by atoms with Gasteiger partial charge in [0, 0.05) is 17.3 Å². The van der Waals surface area contributed by atoms with Crippen molar-refractivity contribution in [2.45, 2.75) is 6.92 Å². The van der Waals surface area contributed by atoms with Crippen LogP contribution < -0.4 is 14.8 Å². The third-order valence-electron chi connectivity index (χ3n) is 4.50. The number of rotatable bonds is 8. The number of thiazole rings is 1. The van der Waals surface area contributed by atoms with Crippen LogP contribution in [0.5, 0.6) is 11.5 Å². The summed E-state index contributed by atoms with van der Waals surface area (Å²) in [6.45, 7) is 2.76. The molecular formula is C24H20F2N2O2S. The highest BCUT2D eigenvalue weighted by atomic mass is 32.1. The third-order valence-corrected chi connectivity index (χ3v) is 5.25. The smallest absolute Gasteiger partial charge is 0.206 e. The van der Waals surface area contributed by atoms with Crippen molar-refractivity contribution in [2.75, 3.05) is 18.5 Å². The number of halogens is 2. The van der Waals surface area contributed by atoms with E-state index in [4.69, 9.17) is 9.47 Å². The Morgan fingerprint density at radius 3 is 2.42 bits per heavy atom. The molecule has 0 saturated heterocycles. The first-order valence-corrected chi connectivity index (χ1v) is 10.5. The van der Waals surface area contributed by atoms with Crippen LogP contribution in [0.1, 0.15) is 5.56 Å². The minimum Gasteiger partial charge on any atom is -0.490 e. The molecule has 0 atom stereocenters. The summed E-state index contributed by atoms with van der Waals surface area (Å²) >= 11 is 0.894. The average molecular weight is 438 g/mol. The van der Waals surface area contributed by atoms with Gasteiger partial charge in [-0.2, -0.15) is 4.39 Å². The van der Waals surface area contributed by atoms with Crippen LogP contribution in [-0.4, -0.2) is 18.2 Å². The first kappa shape index (κ1) is 20.8. The number of para-hydroxylation sites is 1. The SMILES string of the molecule is Cc1ccc(Nc2nc(-c3ccc(F)cc3)c(F)s2)cc1OCCOc1ccccc1. The van der Waals surface area contributed by atoms with Gasteiger partial charge in [-0.1, -0.05) is 35.6 Å². The molecule has 0 aliphatic heterocycles. The molecule has 0 aliphatic rings. The Morgan fingerprint density at radius 2 is 1.65 bits per heavy atom. The minimum absolute atomic E-state index is 0.189. The summed E-state index contributed by atoms with van der Waals surface area (Å²) in [7, 11) is 0. The van der Waals surface area contributed by atoms with E-state index in [1.165, 1.54) is 24.3 Å². The van der Waals surface area contributed by atoms with Crippen molar-refractivity contribution in [2.24, 2.45) is 0 Å². The van der Waals surface area contributed by atoms with Gasteiger partial charge in [-0.3, -0.25) is 0 Å². The van der Waals surface area contributed by atoms with E-state index in [2.05, 4.69) is 10.3 Å². The Balaban J connectivity index is 1.40. The molecular weight excluding hydrogens is 418 g/mol. The summed E-state index contributed by atoms with van der Waals surface area (Å²) in [6.07, 6.45) is 0. The largest absolute Gasteiger partial charge is 0.490 e. The summed E-state index contributed by atoms with van der Waals surface area (Å²) in [5, 5.41) is 3.08. The van der Waals surface area contributed by atoms with Gasteiger partial charge >= 0.3 is 0 Å². The van der Waals surface area contributed by atoms with Gasteiger partial charge < -0.3 is 14.8 Å². The molecule has 0 radical (unpaired) electrons. The Bertz CT molecular complexity index is 1150. The highest BCUT2D eigenvalue weighted by Gasteiger charge is 2.14. The molecule has 0 spiro atoms. The van der Waals surface area contributed by atoms with E-state index in [1.807, 2.05) is 55.5 Å². The highest BCUT2D eigenvalue weighted by Crippen LogP contribution is 2.32. The predicted octanol–water partition coefficient (Wildman–Crippen LogP) is 6.60. The minimum atomic E-state index is -0.434. The zero-order valence-corrected chi connectivity index (χ0v) is 17.6. The lowest BCUT2D eigenvalue weighted by molar-refractivity contribution is 0.216. The number of aryl methyl sites for hydroxylation is 1. The molecule has 0 amide bonds. The van der Waals surface area contributed by atoms with Gasteiger partial charge in [0.15, 0.2) is 5.13 Å². The summed E-state index contributed by atoms with van der Waals surface area (Å²) in [4.78, 5) is 4.32. The number of ether oxygens (including phenoxy) is 2. The monoisotopic (exact) mass is 438 g/mol. The molecule has 1 heterocycles. The third kappa shape index (κ3) is 5.38. The van der Waals surface area contributed by atoms with Crippen LogP contribution in [0.15, 0.2) is 72.8 Å². The second-order valence-electron chi connectivity index (χ2n) is 6.76. The van der Waals surface area contributed by atoms with Crippen molar-refractivity contribution in [1.82, 2.24) is 4.98 Å². The second-order valence-corrected chi connectivity index (χ2v) is 7.71. The normalized spacial score (nSPS) is 10.7. The van der Waals surface area contributed by atoms with E-state index in [0.717, 1.165) is 28.3 Å². The quantitative estimate of drug-likeness (QED) is 0.315. The predicted molar refractivity (Wildman–Crippen MR) is 119 cm³/mol. The summed E-state index contributed by atoms with van der Waals surface area (Å²) in [5.41, 5.74) is 2.41. The Labute approximate surface area is 183 Å². The van der Waals surface area contributed by atoms with Crippen LogP contribution in [-0.2, 0) is 0 Å². The Morgan fingerprint density at radius 1 is 0.903 bits per heavy atom. The number of nitrogens with one attached hydrogen (secondary N) is 1. The van der Waals surface area contributed by atoms with E-state index in [9.17, 15) is 8.78 Å². The van der Waals surface area contributed by atoms with E-state index < -0.39 is 5.13 Å². The van der Waals surface area contributed by atoms with Crippen molar-refractivity contribution in [3.63, 3.8) is 0 Å². The van der Waals surface area contributed by atoms with Gasteiger partial charge in [-0.25, -0.2) is 9.37 Å². The number of benzene rings is 3. The topological polar surface area (TPSA) is 43.4 Å². The van der Waals surface area contributed by atoms with Crippen molar-refractivity contribution in [3.05, 3.63) is 89.3 Å². The molecule has 0 fully saturated rings. The maximum atomic E-state index is 14.4. The molecule has 0 unspecified atom stereocenters. The van der Waals surface area contributed by atoms with E-state index in [0.29, 0.717) is 29.7 Å². The maximum absolute atomic E-state index is 14.4. The summed E-state index contributed by atoms with van der Waals surface area (Å²) in [6, 6.07) is 20.8. The number of anilines is 2. The lowest BCUT2D eigenvalue weighted by Gasteiger charge is -2.12. The number of nitrogens with zero attached hydrogens (tertiary/aromatic N) is 1. The summed E-state index contributed by atoms with van der Waals surface area (Å²) in [5.74, 6) is 1.12. The molecule has 31 heavy (non-hydrogen) atoms. The van der Waals surface area contributed by atoms with E-state index in [-0.39, 0.29) is 11.5 Å². The van der Waals surface area contributed by atoms with Crippen molar-refractivity contribution in [3.8, 4) is 22.8 Å². The molecule has 158 valence electrons. The zero-order chi connectivity index (χ0) is 21.6. The van der Waals surface area contributed by atoms with Crippen molar-refractivity contribution >= 4 is 22.2 Å². The Kier molecular flexibility index (Phi) is 6.43. The molecule has 7 heteroatoms. The maximum Gasteiger partial charge on any atom is 0.206 e. The summed E-state index contributed by atoms with van der Waals surface area (Å²) < 4.78 is 39.0. The van der Waals surface area contributed by atoms with Crippen LogP contribution in [0.25, 0.3) is 11.3 Å². The average Bonchev–Trinajstić information content (AvgIpc) is 3.14. The first-order chi connectivity index (χ1) is 15.1. The van der Waals surface area contributed by atoms with Gasteiger partial charge in [0.25, 0.3) is 0 Å². The van der Waals surface area contributed by atoms with Crippen LogP contribution in [0.3, 0.4) is 0 Å². The lowest BCUT2D eigenvalue weighted by atomic mass is 10.2. The molecule has 4 nitrogen and oxygen atoms in total.